The molecule has 0 aliphatic rings. The van der Waals surface area contributed by atoms with Gasteiger partial charge in [-0.3, -0.25) is 4.68 Å². The smallest absolute Gasteiger partial charge is 0.238 e. The molecule has 0 aliphatic heterocycles. The van der Waals surface area contributed by atoms with Crippen molar-refractivity contribution in [3.63, 3.8) is 0 Å². The molecular formula is C12H15FN4O2S. The van der Waals surface area contributed by atoms with Gasteiger partial charge in [-0.05, 0) is 30.7 Å². The Labute approximate surface area is 116 Å². The van der Waals surface area contributed by atoms with Gasteiger partial charge in [-0.15, -0.1) is 0 Å². The number of anilines is 1. The van der Waals surface area contributed by atoms with Crippen molar-refractivity contribution >= 4 is 15.7 Å². The molecule has 3 N–H and O–H groups in total. The van der Waals surface area contributed by atoms with Crippen molar-refractivity contribution in [1.29, 1.82) is 0 Å². The Hall–Kier alpha value is -1.93. The first-order valence-electron chi connectivity index (χ1n) is 6.00. The highest BCUT2D eigenvalue weighted by Gasteiger charge is 2.11. The zero-order valence-electron chi connectivity index (χ0n) is 10.7. The van der Waals surface area contributed by atoms with Crippen molar-refractivity contribution in [1.82, 2.24) is 9.78 Å². The lowest BCUT2D eigenvalue weighted by Gasteiger charge is -2.08. The van der Waals surface area contributed by atoms with Crippen LogP contribution in [0.4, 0.5) is 10.1 Å². The van der Waals surface area contributed by atoms with Crippen molar-refractivity contribution in [2.45, 2.75) is 17.9 Å². The summed E-state index contributed by atoms with van der Waals surface area (Å²) in [6.45, 7) is 1.27. The summed E-state index contributed by atoms with van der Waals surface area (Å²) in [4.78, 5) is -0.239. The first-order valence-corrected chi connectivity index (χ1v) is 7.55. The van der Waals surface area contributed by atoms with Gasteiger partial charge in [-0.25, -0.2) is 17.9 Å². The second-order valence-electron chi connectivity index (χ2n) is 4.24. The number of benzene rings is 1. The molecule has 6 nitrogen and oxygen atoms in total. The fraction of sp³-hybridized carbons (Fsp3) is 0.250. The van der Waals surface area contributed by atoms with E-state index in [2.05, 4.69) is 10.4 Å². The maximum atomic E-state index is 13.7. The first kappa shape index (κ1) is 14.5. The van der Waals surface area contributed by atoms with E-state index in [1.54, 1.807) is 10.9 Å². The fourth-order valence-electron chi connectivity index (χ4n) is 1.71. The van der Waals surface area contributed by atoms with Gasteiger partial charge < -0.3 is 5.32 Å². The molecule has 8 heteroatoms. The van der Waals surface area contributed by atoms with E-state index in [0.717, 1.165) is 19.0 Å². The first-order chi connectivity index (χ1) is 9.47. The molecule has 0 unspecified atom stereocenters. The minimum Gasteiger partial charge on any atom is -0.383 e. The summed E-state index contributed by atoms with van der Waals surface area (Å²) in [5.74, 6) is -0.643. The highest BCUT2D eigenvalue weighted by molar-refractivity contribution is 7.89. The van der Waals surface area contributed by atoms with Crippen LogP contribution in [-0.2, 0) is 16.6 Å². The van der Waals surface area contributed by atoms with Crippen LogP contribution in [0.15, 0.2) is 41.6 Å². The summed E-state index contributed by atoms with van der Waals surface area (Å²) in [5.41, 5.74) is 0.248. The Morgan fingerprint density at radius 3 is 2.80 bits per heavy atom. The number of halogens is 1. The zero-order chi connectivity index (χ0) is 14.6. The standard InChI is InChI=1S/C12H15FN4O2S/c13-11-9-10(20(14,18)19)3-4-12(11)15-5-1-7-17-8-2-6-16-17/h2-4,6,8-9,15H,1,5,7H2,(H2,14,18,19). The molecule has 1 aromatic carbocycles. The number of hydrogen-bond donors (Lipinski definition) is 2. The molecule has 1 heterocycles. The van der Waals surface area contributed by atoms with Crippen molar-refractivity contribution in [3.05, 3.63) is 42.5 Å². The molecule has 0 bridgehead atoms. The predicted octanol–water partition coefficient (Wildman–Crippen LogP) is 1.17. The predicted molar refractivity (Wildman–Crippen MR) is 73.1 cm³/mol. The minimum atomic E-state index is -3.88. The molecular weight excluding hydrogens is 283 g/mol. The Bertz CT molecular complexity index is 671. The summed E-state index contributed by atoms with van der Waals surface area (Å²) in [5, 5.41) is 11.9. The number of nitrogens with two attached hydrogens (primary N) is 1. The number of aromatic nitrogens is 2. The molecule has 0 atom stereocenters. The highest BCUT2D eigenvalue weighted by Crippen LogP contribution is 2.18. The van der Waals surface area contributed by atoms with Gasteiger partial charge in [0.2, 0.25) is 10.0 Å². The van der Waals surface area contributed by atoms with Gasteiger partial charge in [0, 0.05) is 25.5 Å². The lowest BCUT2D eigenvalue weighted by Crippen LogP contribution is -2.13. The quantitative estimate of drug-likeness (QED) is 0.783. The van der Waals surface area contributed by atoms with Gasteiger partial charge in [0.15, 0.2) is 0 Å². The van der Waals surface area contributed by atoms with Crippen LogP contribution in [0.2, 0.25) is 0 Å². The molecule has 0 radical (unpaired) electrons. The number of aryl methyl sites for hydroxylation is 1. The van der Waals surface area contributed by atoms with Crippen LogP contribution in [0.5, 0.6) is 0 Å². The Balaban J connectivity index is 1.90. The Morgan fingerprint density at radius 2 is 2.20 bits per heavy atom. The average molecular weight is 298 g/mol. The number of nitrogens with one attached hydrogen (secondary N) is 1. The van der Waals surface area contributed by atoms with Crippen LogP contribution >= 0.6 is 0 Å². The van der Waals surface area contributed by atoms with E-state index in [0.29, 0.717) is 6.54 Å². The minimum absolute atomic E-state index is 0.239. The summed E-state index contributed by atoms with van der Waals surface area (Å²) in [6.07, 6.45) is 4.30. The van der Waals surface area contributed by atoms with Crippen molar-refractivity contribution in [2.24, 2.45) is 5.14 Å². The molecule has 108 valence electrons. The number of nitrogens with zero attached hydrogens (tertiary/aromatic N) is 2. The largest absolute Gasteiger partial charge is 0.383 e. The second kappa shape index (κ2) is 6.02. The van der Waals surface area contributed by atoms with Gasteiger partial charge in [0.1, 0.15) is 5.82 Å². The summed E-state index contributed by atoms with van der Waals surface area (Å²) in [6, 6.07) is 5.38. The molecule has 20 heavy (non-hydrogen) atoms. The lowest BCUT2D eigenvalue weighted by atomic mass is 10.3. The van der Waals surface area contributed by atoms with Gasteiger partial charge in [0.05, 0.1) is 10.6 Å². The molecule has 2 rings (SSSR count). The normalized spacial score (nSPS) is 11.5. The van der Waals surface area contributed by atoms with E-state index >= 15 is 0 Å². The lowest BCUT2D eigenvalue weighted by molar-refractivity contribution is 0.586. The maximum absolute atomic E-state index is 13.7. The van der Waals surface area contributed by atoms with Crippen LogP contribution in [0, 0.1) is 5.82 Å². The topological polar surface area (TPSA) is 90.0 Å². The molecule has 2 aromatic rings. The second-order valence-corrected chi connectivity index (χ2v) is 5.80. The van der Waals surface area contributed by atoms with Crippen LogP contribution in [0.25, 0.3) is 0 Å². The van der Waals surface area contributed by atoms with E-state index in [4.69, 9.17) is 5.14 Å². The van der Waals surface area contributed by atoms with E-state index in [9.17, 15) is 12.8 Å². The molecule has 0 saturated carbocycles. The molecule has 0 saturated heterocycles. The van der Waals surface area contributed by atoms with E-state index in [1.807, 2.05) is 12.3 Å². The van der Waals surface area contributed by atoms with Crippen LogP contribution < -0.4 is 10.5 Å². The molecule has 0 amide bonds. The third-order valence-electron chi connectivity index (χ3n) is 2.71. The SMILES string of the molecule is NS(=O)(=O)c1ccc(NCCCn2cccn2)c(F)c1. The Kier molecular flexibility index (Phi) is 4.35. The van der Waals surface area contributed by atoms with E-state index in [1.165, 1.54) is 12.1 Å². The maximum Gasteiger partial charge on any atom is 0.238 e. The number of primary sulfonamides is 1. The fourth-order valence-corrected chi connectivity index (χ4v) is 2.24. The van der Waals surface area contributed by atoms with Gasteiger partial charge in [0.25, 0.3) is 0 Å². The van der Waals surface area contributed by atoms with Crippen LogP contribution in [-0.4, -0.2) is 24.7 Å². The van der Waals surface area contributed by atoms with Gasteiger partial charge in [-0.2, -0.15) is 5.10 Å². The molecule has 0 aliphatic carbocycles. The number of sulfonamides is 1. The van der Waals surface area contributed by atoms with Crippen molar-refractivity contribution in [3.8, 4) is 0 Å². The van der Waals surface area contributed by atoms with E-state index < -0.39 is 15.8 Å². The van der Waals surface area contributed by atoms with Gasteiger partial charge in [-0.1, -0.05) is 0 Å². The van der Waals surface area contributed by atoms with E-state index in [-0.39, 0.29) is 10.6 Å². The summed E-state index contributed by atoms with van der Waals surface area (Å²) in [7, 11) is -3.88. The van der Waals surface area contributed by atoms with Crippen LogP contribution in [0.1, 0.15) is 6.42 Å². The third-order valence-corrected chi connectivity index (χ3v) is 3.62. The molecule has 0 fully saturated rings. The van der Waals surface area contributed by atoms with Gasteiger partial charge >= 0.3 is 0 Å². The number of rotatable bonds is 6. The molecule has 1 aromatic heterocycles. The van der Waals surface area contributed by atoms with Crippen molar-refractivity contribution < 1.29 is 12.8 Å². The average Bonchev–Trinajstić information content (AvgIpc) is 2.88. The summed E-state index contributed by atoms with van der Waals surface area (Å²) < 4.78 is 37.6. The third kappa shape index (κ3) is 3.78. The van der Waals surface area contributed by atoms with Crippen molar-refractivity contribution in [2.75, 3.05) is 11.9 Å². The molecule has 0 spiro atoms. The van der Waals surface area contributed by atoms with Crippen LogP contribution in [0.3, 0.4) is 0 Å². The summed E-state index contributed by atoms with van der Waals surface area (Å²) >= 11 is 0. The number of hydrogen-bond acceptors (Lipinski definition) is 4. The Morgan fingerprint density at radius 1 is 1.40 bits per heavy atom. The zero-order valence-corrected chi connectivity index (χ0v) is 11.5. The highest BCUT2D eigenvalue weighted by atomic mass is 32.2. The monoisotopic (exact) mass is 298 g/mol.